The van der Waals surface area contributed by atoms with Crippen LogP contribution in [0.15, 0.2) is 47.4 Å². The van der Waals surface area contributed by atoms with Gasteiger partial charge in [-0.25, -0.2) is 0 Å². The third kappa shape index (κ3) is 3.85. The summed E-state index contributed by atoms with van der Waals surface area (Å²) in [6.07, 6.45) is 0. The first-order chi connectivity index (χ1) is 12.9. The molecule has 1 atom stereocenters. The van der Waals surface area contributed by atoms with E-state index in [1.807, 2.05) is 12.1 Å². The van der Waals surface area contributed by atoms with Gasteiger partial charge in [0.2, 0.25) is 11.0 Å². The number of thioether (sulfide) groups is 1. The number of ketones is 1. The Morgan fingerprint density at radius 3 is 2.41 bits per heavy atom. The Kier molecular flexibility index (Phi) is 5.27. The van der Waals surface area contributed by atoms with E-state index in [1.165, 1.54) is 0 Å². The van der Waals surface area contributed by atoms with E-state index in [4.69, 9.17) is 9.84 Å². The summed E-state index contributed by atoms with van der Waals surface area (Å²) in [5, 5.41) is 10.1. The van der Waals surface area contributed by atoms with Gasteiger partial charge in [-0.1, -0.05) is 18.2 Å². The summed E-state index contributed by atoms with van der Waals surface area (Å²) in [5.41, 5.74) is 1.87. The molecular weight excluding hydrogens is 370 g/mol. The number of benzene rings is 2. The fraction of sp³-hybridized carbons (Fsp3) is 0.158. The van der Waals surface area contributed by atoms with Crippen molar-refractivity contribution in [1.82, 2.24) is 5.32 Å². The van der Waals surface area contributed by atoms with Crippen molar-refractivity contribution in [3.63, 3.8) is 0 Å². The molecule has 8 heteroatoms. The lowest BCUT2D eigenvalue weighted by atomic mass is 9.94. The number of hydrogen-bond donors (Lipinski definition) is 2. The van der Waals surface area contributed by atoms with Crippen molar-refractivity contribution in [2.24, 2.45) is 5.92 Å². The third-order valence-electron chi connectivity index (χ3n) is 4.05. The molecule has 3 rings (SSSR count). The molecule has 0 bridgehead atoms. The number of ether oxygens (including phenoxy) is 1. The summed E-state index contributed by atoms with van der Waals surface area (Å²) >= 11 is 0.808. The third-order valence-corrected chi connectivity index (χ3v) is 5.07. The summed E-state index contributed by atoms with van der Waals surface area (Å²) in [6.45, 7) is -0.653. The molecule has 27 heavy (non-hydrogen) atoms. The number of aliphatic carboxylic acids is 1. The quantitative estimate of drug-likeness (QED) is 0.758. The van der Waals surface area contributed by atoms with Gasteiger partial charge in [-0.2, -0.15) is 0 Å². The molecule has 0 saturated carbocycles. The van der Waals surface area contributed by atoms with E-state index < -0.39 is 35.2 Å². The fourth-order valence-corrected chi connectivity index (χ4v) is 3.65. The van der Waals surface area contributed by atoms with E-state index in [1.54, 1.807) is 37.4 Å². The van der Waals surface area contributed by atoms with Crippen LogP contribution in [0, 0.1) is 5.92 Å². The molecule has 1 aliphatic heterocycles. The number of hydrogen-bond acceptors (Lipinski definition) is 6. The Morgan fingerprint density at radius 2 is 1.78 bits per heavy atom. The first-order valence-corrected chi connectivity index (χ1v) is 8.76. The number of amides is 1. The number of carbonyl (C=O) groups is 4. The number of carboxylic acid groups (broad SMARTS) is 1. The Balaban J connectivity index is 1.91. The van der Waals surface area contributed by atoms with Crippen LogP contribution in [0.3, 0.4) is 0 Å². The van der Waals surface area contributed by atoms with Crippen LogP contribution in [0.2, 0.25) is 0 Å². The number of nitrogens with one attached hydrogen (secondary N) is 1. The molecule has 2 N–H and O–H groups in total. The molecule has 0 saturated heterocycles. The molecule has 7 nitrogen and oxygen atoms in total. The van der Waals surface area contributed by atoms with Crippen molar-refractivity contribution < 1.29 is 29.0 Å². The van der Waals surface area contributed by atoms with Gasteiger partial charge < -0.3 is 15.2 Å². The van der Waals surface area contributed by atoms with Crippen molar-refractivity contribution in [3.05, 3.63) is 48.0 Å². The lowest BCUT2D eigenvalue weighted by Crippen LogP contribution is -2.42. The molecule has 0 aliphatic carbocycles. The van der Waals surface area contributed by atoms with E-state index >= 15 is 0 Å². The van der Waals surface area contributed by atoms with E-state index in [9.17, 15) is 19.2 Å². The summed E-state index contributed by atoms with van der Waals surface area (Å²) in [5.74, 6) is -3.64. The monoisotopic (exact) mass is 385 g/mol. The highest BCUT2D eigenvalue weighted by Gasteiger charge is 2.40. The topological polar surface area (TPSA) is 110 Å². The molecule has 0 spiro atoms. The maximum atomic E-state index is 12.7. The van der Waals surface area contributed by atoms with Gasteiger partial charge in [-0.05, 0) is 47.2 Å². The van der Waals surface area contributed by atoms with Gasteiger partial charge in [0.1, 0.15) is 12.3 Å². The van der Waals surface area contributed by atoms with Crippen LogP contribution in [0.4, 0.5) is 0 Å². The van der Waals surface area contributed by atoms with Gasteiger partial charge in [0.05, 0.1) is 7.11 Å². The SMILES string of the molecule is COc1ccc(-c2ccc3c(c2)C(=O)C(C(=O)NCC(=O)O)C(=O)S3)cc1. The molecule has 2 aromatic rings. The van der Waals surface area contributed by atoms with Crippen molar-refractivity contribution in [2.75, 3.05) is 13.7 Å². The first kappa shape index (κ1) is 18.7. The maximum Gasteiger partial charge on any atom is 0.322 e. The van der Waals surface area contributed by atoms with Crippen LogP contribution >= 0.6 is 11.8 Å². The highest BCUT2D eigenvalue weighted by molar-refractivity contribution is 8.14. The molecule has 1 amide bonds. The molecule has 138 valence electrons. The molecule has 2 aromatic carbocycles. The van der Waals surface area contributed by atoms with Gasteiger partial charge >= 0.3 is 5.97 Å². The van der Waals surface area contributed by atoms with E-state index in [0.29, 0.717) is 10.6 Å². The van der Waals surface area contributed by atoms with Crippen molar-refractivity contribution in [2.45, 2.75) is 4.90 Å². The molecule has 1 unspecified atom stereocenters. The van der Waals surface area contributed by atoms with Crippen LogP contribution < -0.4 is 10.1 Å². The molecule has 0 fully saturated rings. The highest BCUT2D eigenvalue weighted by atomic mass is 32.2. The van der Waals surface area contributed by atoms with E-state index in [-0.39, 0.29) is 5.56 Å². The van der Waals surface area contributed by atoms with E-state index in [2.05, 4.69) is 5.32 Å². The van der Waals surface area contributed by atoms with Gasteiger partial charge in [0.25, 0.3) is 0 Å². The molecule has 1 heterocycles. The number of rotatable bonds is 5. The summed E-state index contributed by atoms with van der Waals surface area (Å²) in [6, 6.07) is 12.3. The van der Waals surface area contributed by atoms with Gasteiger partial charge in [0, 0.05) is 10.5 Å². The average Bonchev–Trinajstić information content (AvgIpc) is 2.66. The van der Waals surface area contributed by atoms with E-state index in [0.717, 1.165) is 22.9 Å². The zero-order valence-corrected chi connectivity index (χ0v) is 15.0. The Hall–Kier alpha value is -3.13. The zero-order valence-electron chi connectivity index (χ0n) is 14.2. The zero-order chi connectivity index (χ0) is 19.6. The molecule has 1 aliphatic rings. The molecule has 0 aromatic heterocycles. The lowest BCUT2D eigenvalue weighted by Gasteiger charge is -2.21. The largest absolute Gasteiger partial charge is 0.497 e. The van der Waals surface area contributed by atoms with Gasteiger partial charge in [-0.15, -0.1) is 0 Å². The highest BCUT2D eigenvalue weighted by Crippen LogP contribution is 2.37. The smallest absolute Gasteiger partial charge is 0.322 e. The lowest BCUT2D eigenvalue weighted by molar-refractivity contribution is -0.139. The average molecular weight is 385 g/mol. The summed E-state index contributed by atoms with van der Waals surface area (Å²) in [7, 11) is 1.57. The van der Waals surface area contributed by atoms with Crippen molar-refractivity contribution in [1.29, 1.82) is 0 Å². The standard InChI is InChI=1S/C19H15NO6S/c1-26-12-5-2-10(3-6-12)11-4-7-14-13(8-11)17(23)16(19(25)27-14)18(24)20-9-15(21)22/h2-8,16H,9H2,1H3,(H,20,24)(H,21,22). The molecular formula is C19H15NO6S. The Bertz CT molecular complexity index is 938. The van der Waals surface area contributed by atoms with Crippen LogP contribution in [-0.4, -0.2) is 41.5 Å². The second kappa shape index (κ2) is 7.63. The summed E-state index contributed by atoms with van der Waals surface area (Å²) < 4.78 is 5.12. The summed E-state index contributed by atoms with van der Waals surface area (Å²) in [4.78, 5) is 48.1. The minimum Gasteiger partial charge on any atom is -0.497 e. The Morgan fingerprint density at radius 1 is 1.11 bits per heavy atom. The number of carbonyl (C=O) groups excluding carboxylic acids is 3. The van der Waals surface area contributed by atoms with Crippen molar-refractivity contribution >= 4 is 34.5 Å². The van der Waals surface area contributed by atoms with Crippen LogP contribution in [0.25, 0.3) is 11.1 Å². The Labute approximate surface area is 158 Å². The van der Waals surface area contributed by atoms with Gasteiger partial charge in [0.15, 0.2) is 11.7 Å². The number of methoxy groups -OCH3 is 1. The number of carboxylic acids is 1. The van der Waals surface area contributed by atoms with Gasteiger partial charge in [-0.3, -0.25) is 19.2 Å². The second-order valence-corrected chi connectivity index (χ2v) is 6.82. The minimum atomic E-state index is -1.55. The van der Waals surface area contributed by atoms with Crippen molar-refractivity contribution in [3.8, 4) is 16.9 Å². The minimum absolute atomic E-state index is 0.267. The second-order valence-electron chi connectivity index (χ2n) is 5.77. The number of fused-ring (bicyclic) bond motifs is 1. The predicted octanol–water partition coefficient (Wildman–Crippen LogP) is 1.99. The molecule has 0 radical (unpaired) electrons. The van der Waals surface area contributed by atoms with Crippen LogP contribution in [0.5, 0.6) is 5.75 Å². The number of Topliss-reactive ketones (excluding diaryl/α,β-unsaturated/α-hetero) is 1. The first-order valence-electron chi connectivity index (χ1n) is 7.94. The fourth-order valence-electron chi connectivity index (χ4n) is 2.70. The van der Waals surface area contributed by atoms with Crippen LogP contribution in [0.1, 0.15) is 10.4 Å². The maximum absolute atomic E-state index is 12.7. The predicted molar refractivity (Wildman–Crippen MR) is 97.8 cm³/mol. The van der Waals surface area contributed by atoms with Crippen LogP contribution in [-0.2, 0) is 14.4 Å². The normalized spacial score (nSPS) is 15.8.